The summed E-state index contributed by atoms with van der Waals surface area (Å²) in [5.74, 6) is -0.342. The summed E-state index contributed by atoms with van der Waals surface area (Å²) in [6.45, 7) is 1.87. The lowest BCUT2D eigenvalue weighted by molar-refractivity contribution is 0.0955. The molecule has 1 aromatic heterocycles. The minimum Gasteiger partial charge on any atom is -0.354 e. The highest BCUT2D eigenvalue weighted by atomic mass is 35.5. The Bertz CT molecular complexity index is 541. The summed E-state index contributed by atoms with van der Waals surface area (Å²) in [6.07, 6.45) is 1.39. The van der Waals surface area contributed by atoms with Crippen LogP contribution in [0.3, 0.4) is 0 Å². The molecule has 9 heteroatoms. The quantitative estimate of drug-likeness (QED) is 0.677. The molecule has 1 heterocycles. The van der Waals surface area contributed by atoms with Gasteiger partial charge in [0.15, 0.2) is 0 Å². The highest BCUT2D eigenvalue weighted by molar-refractivity contribution is 7.89. The van der Waals surface area contributed by atoms with E-state index < -0.39 is 10.0 Å². The molecule has 0 aromatic carbocycles. The van der Waals surface area contributed by atoms with Crippen molar-refractivity contribution in [3.63, 3.8) is 0 Å². The van der Waals surface area contributed by atoms with Gasteiger partial charge in [0.25, 0.3) is 5.91 Å². The number of hydrogen-bond acceptors (Lipinski definition) is 4. The van der Waals surface area contributed by atoms with Gasteiger partial charge >= 0.3 is 0 Å². The monoisotopic (exact) mass is 310 g/mol. The first-order valence-corrected chi connectivity index (χ1v) is 6.91. The van der Waals surface area contributed by atoms with Crippen molar-refractivity contribution < 1.29 is 13.2 Å². The molecule has 7 nitrogen and oxygen atoms in total. The zero-order valence-corrected chi connectivity index (χ0v) is 12.6. The fraction of sp³-hybridized carbons (Fsp3) is 0.500. The van der Waals surface area contributed by atoms with Gasteiger partial charge in [-0.05, 0) is 13.0 Å². The van der Waals surface area contributed by atoms with Crippen LogP contribution in [-0.2, 0) is 17.1 Å². The zero-order chi connectivity index (χ0) is 13.9. The summed E-state index contributed by atoms with van der Waals surface area (Å²) >= 11 is 0. The van der Waals surface area contributed by atoms with Crippen LogP contribution in [0.2, 0.25) is 0 Å². The van der Waals surface area contributed by atoms with Crippen LogP contribution in [-0.4, -0.2) is 38.5 Å². The van der Waals surface area contributed by atoms with Crippen molar-refractivity contribution in [1.82, 2.24) is 14.6 Å². The Hall–Kier alpha value is -1.09. The second-order valence-electron chi connectivity index (χ2n) is 4.01. The number of carbonyl (C=O) groups excluding carboxylic acids is 1. The fourth-order valence-electron chi connectivity index (χ4n) is 1.42. The third-order valence-electron chi connectivity index (χ3n) is 2.46. The van der Waals surface area contributed by atoms with Crippen molar-refractivity contribution in [3.8, 4) is 0 Å². The molecule has 4 N–H and O–H groups in total. The predicted molar refractivity (Wildman–Crippen MR) is 74.9 cm³/mol. The SMILES string of the molecule is CNC(=O)c1cc(S(=O)(=O)N[C@H](C)CN)cn1C.Cl. The molecule has 19 heavy (non-hydrogen) atoms. The molecular weight excluding hydrogens is 292 g/mol. The predicted octanol–water partition coefficient (Wildman–Crippen LogP) is -0.568. The van der Waals surface area contributed by atoms with Crippen LogP contribution in [0.1, 0.15) is 17.4 Å². The minimum absolute atomic E-state index is 0. The van der Waals surface area contributed by atoms with Gasteiger partial charge in [-0.15, -0.1) is 12.4 Å². The molecule has 1 atom stereocenters. The maximum absolute atomic E-state index is 12.0. The Morgan fingerprint density at radius 2 is 2.11 bits per heavy atom. The number of hydrogen-bond donors (Lipinski definition) is 3. The summed E-state index contributed by atoms with van der Waals surface area (Å²) in [6, 6.07) is 0.961. The first-order chi connectivity index (χ1) is 8.31. The van der Waals surface area contributed by atoms with Crippen LogP contribution in [0.4, 0.5) is 0 Å². The maximum Gasteiger partial charge on any atom is 0.267 e. The summed E-state index contributed by atoms with van der Waals surface area (Å²) < 4.78 is 27.8. The van der Waals surface area contributed by atoms with Crippen LogP contribution in [0, 0.1) is 0 Å². The maximum atomic E-state index is 12.0. The van der Waals surface area contributed by atoms with Crippen molar-refractivity contribution >= 4 is 28.3 Å². The van der Waals surface area contributed by atoms with E-state index in [-0.39, 0.29) is 41.5 Å². The van der Waals surface area contributed by atoms with Gasteiger partial charge in [-0.25, -0.2) is 13.1 Å². The van der Waals surface area contributed by atoms with Crippen molar-refractivity contribution in [2.24, 2.45) is 12.8 Å². The highest BCUT2D eigenvalue weighted by Crippen LogP contribution is 2.13. The van der Waals surface area contributed by atoms with Gasteiger partial charge in [0, 0.05) is 32.9 Å². The van der Waals surface area contributed by atoms with Gasteiger partial charge in [0.2, 0.25) is 10.0 Å². The number of nitrogens with zero attached hydrogens (tertiary/aromatic N) is 1. The Morgan fingerprint density at radius 1 is 1.53 bits per heavy atom. The molecule has 0 aliphatic rings. The van der Waals surface area contributed by atoms with E-state index >= 15 is 0 Å². The number of aromatic nitrogens is 1. The molecule has 1 rings (SSSR count). The number of aryl methyl sites for hydroxylation is 1. The molecule has 0 bridgehead atoms. The molecular formula is C10H19ClN4O3S. The van der Waals surface area contributed by atoms with Gasteiger partial charge in [-0.3, -0.25) is 4.79 Å². The summed E-state index contributed by atoms with van der Waals surface area (Å²) in [5.41, 5.74) is 5.64. The van der Waals surface area contributed by atoms with Crippen LogP contribution in [0.15, 0.2) is 17.2 Å². The van der Waals surface area contributed by atoms with E-state index in [1.165, 1.54) is 23.9 Å². The average molecular weight is 311 g/mol. The van der Waals surface area contributed by atoms with Gasteiger partial charge in [-0.2, -0.15) is 0 Å². The first-order valence-electron chi connectivity index (χ1n) is 5.42. The smallest absolute Gasteiger partial charge is 0.267 e. The summed E-state index contributed by atoms with van der Waals surface area (Å²) in [5, 5.41) is 2.44. The van der Waals surface area contributed by atoms with Crippen molar-refractivity contribution in [3.05, 3.63) is 18.0 Å². The fourth-order valence-corrected chi connectivity index (χ4v) is 2.74. The number of carbonyl (C=O) groups is 1. The van der Waals surface area contributed by atoms with Gasteiger partial charge in [0.1, 0.15) is 10.6 Å². The second-order valence-corrected chi connectivity index (χ2v) is 5.72. The van der Waals surface area contributed by atoms with E-state index in [0.717, 1.165) is 0 Å². The number of amides is 1. The van der Waals surface area contributed by atoms with Crippen molar-refractivity contribution in [1.29, 1.82) is 0 Å². The lowest BCUT2D eigenvalue weighted by Gasteiger charge is -2.10. The molecule has 0 aliphatic carbocycles. The summed E-state index contributed by atoms with van der Waals surface area (Å²) in [4.78, 5) is 11.5. The Balaban J connectivity index is 0.00000324. The number of nitrogens with one attached hydrogen (secondary N) is 2. The molecule has 1 amide bonds. The van der Waals surface area contributed by atoms with Crippen molar-refractivity contribution in [2.45, 2.75) is 17.9 Å². The largest absolute Gasteiger partial charge is 0.354 e. The normalized spacial score (nSPS) is 12.6. The lowest BCUT2D eigenvalue weighted by Crippen LogP contribution is -2.37. The lowest BCUT2D eigenvalue weighted by atomic mass is 10.4. The number of halogens is 1. The van der Waals surface area contributed by atoms with Gasteiger partial charge < -0.3 is 15.6 Å². The van der Waals surface area contributed by atoms with E-state index in [9.17, 15) is 13.2 Å². The number of rotatable bonds is 5. The van der Waals surface area contributed by atoms with Crippen LogP contribution < -0.4 is 15.8 Å². The molecule has 0 saturated carbocycles. The average Bonchev–Trinajstić information content (AvgIpc) is 2.70. The minimum atomic E-state index is -3.65. The Kier molecular flexibility index (Phi) is 6.50. The third kappa shape index (κ3) is 4.20. The number of nitrogens with two attached hydrogens (primary N) is 1. The topological polar surface area (TPSA) is 106 Å². The van der Waals surface area contributed by atoms with Crippen molar-refractivity contribution in [2.75, 3.05) is 13.6 Å². The molecule has 0 saturated heterocycles. The molecule has 0 fully saturated rings. The molecule has 0 unspecified atom stereocenters. The van der Waals surface area contributed by atoms with Crippen LogP contribution in [0.25, 0.3) is 0 Å². The molecule has 0 spiro atoms. The van der Waals surface area contributed by atoms with E-state index in [2.05, 4.69) is 10.0 Å². The Morgan fingerprint density at radius 3 is 2.58 bits per heavy atom. The third-order valence-corrected chi connectivity index (χ3v) is 4.02. The van der Waals surface area contributed by atoms with E-state index in [4.69, 9.17) is 5.73 Å². The second kappa shape index (κ2) is 6.90. The molecule has 110 valence electrons. The molecule has 1 aromatic rings. The highest BCUT2D eigenvalue weighted by Gasteiger charge is 2.21. The van der Waals surface area contributed by atoms with Gasteiger partial charge in [-0.1, -0.05) is 0 Å². The Labute approximate surface area is 119 Å². The van der Waals surface area contributed by atoms with E-state index in [1.54, 1.807) is 14.0 Å². The van der Waals surface area contributed by atoms with E-state index in [1.807, 2.05) is 0 Å². The van der Waals surface area contributed by atoms with E-state index in [0.29, 0.717) is 0 Å². The number of sulfonamides is 1. The van der Waals surface area contributed by atoms with Crippen LogP contribution >= 0.6 is 12.4 Å². The molecule has 0 radical (unpaired) electrons. The first kappa shape index (κ1) is 17.9. The summed E-state index contributed by atoms with van der Waals surface area (Å²) in [7, 11) is -0.554. The zero-order valence-electron chi connectivity index (χ0n) is 11.0. The standard InChI is InChI=1S/C10H18N4O3S.ClH/c1-7(5-11)13-18(16,17)8-4-9(10(15)12-2)14(3)6-8;/h4,6-7,13H,5,11H2,1-3H3,(H,12,15);1H/t7-;/m1./s1. The van der Waals surface area contributed by atoms with Gasteiger partial charge in [0.05, 0.1) is 0 Å². The molecule has 0 aliphatic heterocycles. The van der Waals surface area contributed by atoms with Crippen LogP contribution in [0.5, 0.6) is 0 Å².